The number of hydrazine groups is 1. The summed E-state index contributed by atoms with van der Waals surface area (Å²) in [6.07, 6.45) is 0. The van der Waals surface area contributed by atoms with Gasteiger partial charge in [-0.3, -0.25) is 15.6 Å². The molecular formula is C17H21ClN4OS. The molecule has 2 rings (SSSR count). The molecule has 5 nitrogen and oxygen atoms in total. The number of halogens is 1. The van der Waals surface area contributed by atoms with Crippen molar-refractivity contribution in [1.82, 2.24) is 15.4 Å². The molecule has 128 valence electrons. The van der Waals surface area contributed by atoms with Crippen molar-refractivity contribution in [2.24, 2.45) is 0 Å². The van der Waals surface area contributed by atoms with Crippen LogP contribution in [-0.2, 0) is 0 Å². The van der Waals surface area contributed by atoms with E-state index in [1.165, 1.54) is 0 Å². The van der Waals surface area contributed by atoms with Crippen molar-refractivity contribution in [3.63, 3.8) is 0 Å². The van der Waals surface area contributed by atoms with E-state index in [1.54, 1.807) is 12.1 Å². The van der Waals surface area contributed by atoms with Gasteiger partial charge in [-0.2, -0.15) is 0 Å². The second-order valence-electron chi connectivity index (χ2n) is 5.79. The number of carbonyl (C=O) groups excluding carboxylic acids is 1. The minimum atomic E-state index is -0.231. The van der Waals surface area contributed by atoms with Crippen molar-refractivity contribution >= 4 is 40.5 Å². The number of rotatable bonds is 3. The Labute approximate surface area is 152 Å². The molecule has 2 aromatic rings. The fourth-order valence-corrected chi connectivity index (χ4v) is 3.07. The Bertz CT molecular complexity index is 770. The van der Waals surface area contributed by atoms with Gasteiger partial charge < -0.3 is 9.88 Å². The highest BCUT2D eigenvalue weighted by atomic mass is 35.5. The number of nitrogens with one attached hydrogen (secondary N) is 3. The minimum absolute atomic E-state index is 0.231. The minimum Gasteiger partial charge on any atom is -0.346 e. The summed E-state index contributed by atoms with van der Waals surface area (Å²) in [5.74, 6) is -0.231. The lowest BCUT2D eigenvalue weighted by atomic mass is 10.2. The van der Waals surface area contributed by atoms with Gasteiger partial charge in [0.1, 0.15) is 0 Å². The van der Waals surface area contributed by atoms with Crippen LogP contribution in [0.2, 0.25) is 5.02 Å². The number of aryl methyl sites for hydroxylation is 1. The third kappa shape index (κ3) is 4.27. The Balaban J connectivity index is 1.98. The first-order valence-electron chi connectivity index (χ1n) is 7.61. The SMILES string of the molecule is Cc1cc(C(=O)NNC(=S)Nc2cccc(Cl)c2)c(C)n1C(C)C. The van der Waals surface area contributed by atoms with Gasteiger partial charge in [0.25, 0.3) is 5.91 Å². The second kappa shape index (κ2) is 7.68. The molecule has 0 aliphatic rings. The summed E-state index contributed by atoms with van der Waals surface area (Å²) in [6, 6.07) is 9.33. The standard InChI is InChI=1S/C17H21ClN4OS/c1-10(2)22-11(3)8-15(12(22)4)16(23)20-21-17(24)19-14-7-5-6-13(18)9-14/h5-10H,1-4H3,(H,20,23)(H2,19,21,24). The molecule has 1 aromatic carbocycles. The van der Waals surface area contributed by atoms with Gasteiger partial charge in [-0.05, 0) is 64.2 Å². The van der Waals surface area contributed by atoms with Gasteiger partial charge in [-0.25, -0.2) is 0 Å². The highest BCUT2D eigenvalue weighted by Gasteiger charge is 2.17. The lowest BCUT2D eigenvalue weighted by molar-refractivity contribution is 0.0943. The second-order valence-corrected chi connectivity index (χ2v) is 6.64. The molecule has 7 heteroatoms. The molecule has 0 atom stereocenters. The maximum atomic E-state index is 12.4. The van der Waals surface area contributed by atoms with Gasteiger partial charge in [0.2, 0.25) is 0 Å². The maximum absolute atomic E-state index is 12.4. The van der Waals surface area contributed by atoms with Crippen molar-refractivity contribution in [3.05, 3.63) is 52.3 Å². The van der Waals surface area contributed by atoms with Crippen LogP contribution in [0.4, 0.5) is 5.69 Å². The van der Waals surface area contributed by atoms with Crippen LogP contribution in [0.1, 0.15) is 41.6 Å². The summed E-state index contributed by atoms with van der Waals surface area (Å²) in [4.78, 5) is 12.4. The van der Waals surface area contributed by atoms with Crippen LogP contribution in [0.25, 0.3) is 0 Å². The van der Waals surface area contributed by atoms with E-state index in [9.17, 15) is 4.79 Å². The van der Waals surface area contributed by atoms with E-state index in [0.29, 0.717) is 16.6 Å². The fraction of sp³-hybridized carbons (Fsp3) is 0.294. The lowest BCUT2D eigenvalue weighted by Crippen LogP contribution is -2.43. The first-order chi connectivity index (χ1) is 11.3. The van der Waals surface area contributed by atoms with E-state index < -0.39 is 0 Å². The van der Waals surface area contributed by atoms with Crippen LogP contribution in [0.5, 0.6) is 0 Å². The van der Waals surface area contributed by atoms with Crippen LogP contribution in [0, 0.1) is 13.8 Å². The van der Waals surface area contributed by atoms with Crippen molar-refractivity contribution < 1.29 is 4.79 Å². The van der Waals surface area contributed by atoms with E-state index in [1.807, 2.05) is 32.0 Å². The van der Waals surface area contributed by atoms with E-state index >= 15 is 0 Å². The van der Waals surface area contributed by atoms with Gasteiger partial charge in [0, 0.05) is 28.1 Å². The molecule has 1 aromatic heterocycles. The number of anilines is 1. The molecular weight excluding hydrogens is 344 g/mol. The van der Waals surface area contributed by atoms with Gasteiger partial charge >= 0.3 is 0 Å². The summed E-state index contributed by atoms with van der Waals surface area (Å²) < 4.78 is 2.12. The highest BCUT2D eigenvalue weighted by Crippen LogP contribution is 2.20. The molecule has 0 saturated heterocycles. The van der Waals surface area contributed by atoms with E-state index in [4.69, 9.17) is 23.8 Å². The zero-order chi connectivity index (χ0) is 17.9. The fourth-order valence-electron chi connectivity index (χ4n) is 2.71. The number of hydrogen-bond acceptors (Lipinski definition) is 2. The van der Waals surface area contributed by atoms with Crippen LogP contribution in [0.15, 0.2) is 30.3 Å². The number of nitrogens with zero attached hydrogens (tertiary/aromatic N) is 1. The topological polar surface area (TPSA) is 58.1 Å². The average molecular weight is 365 g/mol. The largest absolute Gasteiger partial charge is 0.346 e. The van der Waals surface area contributed by atoms with Crippen LogP contribution in [0.3, 0.4) is 0 Å². The Hall–Kier alpha value is -2.05. The Morgan fingerprint density at radius 3 is 2.50 bits per heavy atom. The van der Waals surface area contributed by atoms with Crippen LogP contribution >= 0.6 is 23.8 Å². The molecule has 0 bridgehead atoms. The number of benzene rings is 1. The normalized spacial score (nSPS) is 10.6. The zero-order valence-electron chi connectivity index (χ0n) is 14.1. The van der Waals surface area contributed by atoms with Crippen molar-refractivity contribution in [2.45, 2.75) is 33.7 Å². The van der Waals surface area contributed by atoms with Gasteiger partial charge in [-0.1, -0.05) is 17.7 Å². The predicted octanol–water partition coefficient (Wildman–Crippen LogP) is 3.97. The number of hydrogen-bond donors (Lipinski definition) is 3. The summed E-state index contributed by atoms with van der Waals surface area (Å²) in [5.41, 5.74) is 8.66. The molecule has 24 heavy (non-hydrogen) atoms. The van der Waals surface area contributed by atoms with Crippen molar-refractivity contribution in [1.29, 1.82) is 0 Å². The molecule has 0 unspecified atom stereocenters. The van der Waals surface area contributed by atoms with Crippen molar-refractivity contribution in [2.75, 3.05) is 5.32 Å². The summed E-state index contributed by atoms with van der Waals surface area (Å²) in [7, 11) is 0. The summed E-state index contributed by atoms with van der Waals surface area (Å²) >= 11 is 11.1. The first kappa shape index (κ1) is 18.3. The van der Waals surface area contributed by atoms with Crippen LogP contribution in [-0.4, -0.2) is 15.6 Å². The Morgan fingerprint density at radius 1 is 1.21 bits per heavy atom. The quantitative estimate of drug-likeness (QED) is 0.569. The molecule has 3 N–H and O–H groups in total. The molecule has 0 spiro atoms. The monoisotopic (exact) mass is 364 g/mol. The van der Waals surface area contributed by atoms with Crippen LogP contribution < -0.4 is 16.2 Å². The average Bonchev–Trinajstić information content (AvgIpc) is 2.79. The molecule has 1 heterocycles. The molecule has 0 radical (unpaired) electrons. The number of aromatic nitrogens is 1. The Morgan fingerprint density at radius 2 is 1.92 bits per heavy atom. The zero-order valence-corrected chi connectivity index (χ0v) is 15.7. The van der Waals surface area contributed by atoms with E-state index in [-0.39, 0.29) is 11.0 Å². The summed E-state index contributed by atoms with van der Waals surface area (Å²) in [6.45, 7) is 8.10. The summed E-state index contributed by atoms with van der Waals surface area (Å²) in [5, 5.41) is 3.84. The predicted molar refractivity (Wildman–Crippen MR) is 103 cm³/mol. The van der Waals surface area contributed by atoms with Gasteiger partial charge in [-0.15, -0.1) is 0 Å². The first-order valence-corrected chi connectivity index (χ1v) is 8.39. The van der Waals surface area contributed by atoms with E-state index in [0.717, 1.165) is 17.1 Å². The third-order valence-corrected chi connectivity index (χ3v) is 4.06. The Kier molecular flexibility index (Phi) is 5.85. The number of amides is 1. The molecule has 0 fully saturated rings. The van der Waals surface area contributed by atoms with E-state index in [2.05, 4.69) is 34.6 Å². The molecule has 1 amide bonds. The highest BCUT2D eigenvalue weighted by molar-refractivity contribution is 7.80. The molecule has 0 saturated carbocycles. The lowest BCUT2D eigenvalue weighted by Gasteiger charge is -2.14. The smallest absolute Gasteiger partial charge is 0.271 e. The number of thiocarbonyl (C=S) groups is 1. The number of carbonyl (C=O) groups is 1. The van der Waals surface area contributed by atoms with Gasteiger partial charge in [0.15, 0.2) is 5.11 Å². The maximum Gasteiger partial charge on any atom is 0.271 e. The molecule has 0 aliphatic heterocycles. The third-order valence-electron chi connectivity index (χ3n) is 3.62. The van der Waals surface area contributed by atoms with Gasteiger partial charge in [0.05, 0.1) is 5.56 Å². The molecule has 0 aliphatic carbocycles. The van der Waals surface area contributed by atoms with Crippen molar-refractivity contribution in [3.8, 4) is 0 Å².